The number of hydrogen-bond donors (Lipinski definition) is 3. The van der Waals surface area contributed by atoms with Crippen molar-refractivity contribution in [3.8, 4) is 5.69 Å². The zero-order valence-electron chi connectivity index (χ0n) is 14.3. The Morgan fingerprint density at radius 2 is 1.83 bits per heavy atom. The lowest BCUT2D eigenvalue weighted by molar-refractivity contribution is -0.155. The van der Waals surface area contributed by atoms with E-state index in [-0.39, 0.29) is 6.54 Å². The Kier molecular flexibility index (Phi) is 4.80. The second-order valence-electron chi connectivity index (χ2n) is 6.17. The average molecular weight is 330 g/mol. The summed E-state index contributed by atoms with van der Waals surface area (Å²) in [6.45, 7) is 6.52. The number of hydrogen-bond acceptors (Lipinski definition) is 3. The van der Waals surface area contributed by atoms with Gasteiger partial charge in [-0.05, 0) is 45.4 Å². The van der Waals surface area contributed by atoms with E-state index in [2.05, 4.69) is 5.32 Å². The molecular formula is C18H22N2O4. The first-order valence-electron chi connectivity index (χ1n) is 7.64. The fourth-order valence-electron chi connectivity index (χ4n) is 2.60. The van der Waals surface area contributed by atoms with Crippen molar-refractivity contribution in [3.05, 3.63) is 52.8 Å². The summed E-state index contributed by atoms with van der Waals surface area (Å²) in [5.74, 6) is -1.79. The van der Waals surface area contributed by atoms with E-state index in [1.807, 2.05) is 49.6 Å². The number of benzene rings is 1. The highest BCUT2D eigenvalue weighted by Gasteiger charge is 2.30. The number of para-hydroxylation sites is 1. The van der Waals surface area contributed by atoms with Crippen molar-refractivity contribution < 1.29 is 19.8 Å². The van der Waals surface area contributed by atoms with Crippen LogP contribution in [0.15, 0.2) is 30.3 Å². The van der Waals surface area contributed by atoms with Crippen molar-refractivity contribution in [2.24, 2.45) is 0 Å². The molecule has 1 atom stereocenters. The minimum atomic E-state index is -2.00. The highest BCUT2D eigenvalue weighted by Crippen LogP contribution is 2.23. The third kappa shape index (κ3) is 3.33. The summed E-state index contributed by atoms with van der Waals surface area (Å²) in [6, 6.07) is 9.62. The number of carbonyl (C=O) groups excluding carboxylic acids is 1. The van der Waals surface area contributed by atoms with Crippen molar-refractivity contribution in [2.45, 2.75) is 33.3 Å². The van der Waals surface area contributed by atoms with Crippen molar-refractivity contribution in [3.63, 3.8) is 0 Å². The Hall–Kier alpha value is -2.60. The molecule has 6 nitrogen and oxygen atoms in total. The van der Waals surface area contributed by atoms with Crippen molar-refractivity contribution in [1.82, 2.24) is 9.88 Å². The summed E-state index contributed by atoms with van der Waals surface area (Å²) in [5, 5.41) is 21.1. The molecule has 2 rings (SSSR count). The number of aliphatic carboxylic acids is 1. The van der Waals surface area contributed by atoms with Gasteiger partial charge in [-0.1, -0.05) is 18.2 Å². The molecule has 3 N–H and O–H groups in total. The predicted octanol–water partition coefficient (Wildman–Crippen LogP) is 1.97. The lowest BCUT2D eigenvalue weighted by atomic mass is 10.1. The Morgan fingerprint density at radius 3 is 2.42 bits per heavy atom. The molecule has 0 spiro atoms. The largest absolute Gasteiger partial charge is 0.479 e. The van der Waals surface area contributed by atoms with Crippen LogP contribution < -0.4 is 5.32 Å². The molecule has 1 unspecified atom stereocenters. The molecule has 1 aromatic carbocycles. The smallest absolute Gasteiger partial charge is 0.337 e. The molecule has 0 saturated carbocycles. The molecule has 24 heavy (non-hydrogen) atoms. The SMILES string of the molecule is Cc1ccccc1-n1c(C)cc(C(=O)NCC(C)(O)C(=O)O)c1C. The third-order valence-electron chi connectivity index (χ3n) is 4.09. The van der Waals surface area contributed by atoms with Gasteiger partial charge in [-0.3, -0.25) is 4.79 Å². The van der Waals surface area contributed by atoms with Gasteiger partial charge in [0.15, 0.2) is 5.60 Å². The lowest BCUT2D eigenvalue weighted by Gasteiger charge is -2.18. The van der Waals surface area contributed by atoms with E-state index in [1.165, 1.54) is 0 Å². The van der Waals surface area contributed by atoms with E-state index in [1.54, 1.807) is 6.07 Å². The molecule has 128 valence electrons. The standard InChI is InChI=1S/C18H22N2O4/c1-11-7-5-6-8-15(11)20-12(2)9-14(13(20)3)16(21)19-10-18(4,24)17(22)23/h5-9,24H,10H2,1-4H3,(H,19,21)(H,22,23). The summed E-state index contributed by atoms with van der Waals surface area (Å²) in [5.41, 5.74) is 2.18. The Labute approximate surface area is 140 Å². The lowest BCUT2D eigenvalue weighted by Crippen LogP contribution is -2.46. The van der Waals surface area contributed by atoms with Crippen LogP contribution in [0.25, 0.3) is 5.69 Å². The van der Waals surface area contributed by atoms with Gasteiger partial charge in [0.2, 0.25) is 0 Å². The minimum Gasteiger partial charge on any atom is -0.479 e. The number of nitrogens with zero attached hydrogens (tertiary/aromatic N) is 1. The van der Waals surface area contributed by atoms with Gasteiger partial charge >= 0.3 is 5.97 Å². The first kappa shape index (κ1) is 17.7. The third-order valence-corrected chi connectivity index (χ3v) is 4.09. The maximum absolute atomic E-state index is 12.4. The number of aryl methyl sites for hydroxylation is 2. The monoisotopic (exact) mass is 330 g/mol. The quantitative estimate of drug-likeness (QED) is 0.781. The van der Waals surface area contributed by atoms with Gasteiger partial charge in [0.05, 0.1) is 12.1 Å². The number of carbonyl (C=O) groups is 2. The second-order valence-corrected chi connectivity index (χ2v) is 6.17. The van der Waals surface area contributed by atoms with Gasteiger partial charge in [0, 0.05) is 17.1 Å². The van der Waals surface area contributed by atoms with Crippen molar-refractivity contribution in [2.75, 3.05) is 6.54 Å². The second kappa shape index (κ2) is 6.49. The molecule has 1 amide bonds. The molecule has 1 heterocycles. The minimum absolute atomic E-state index is 0.366. The molecule has 0 aliphatic rings. The highest BCUT2D eigenvalue weighted by atomic mass is 16.4. The van der Waals surface area contributed by atoms with Crippen LogP contribution in [-0.2, 0) is 4.79 Å². The summed E-state index contributed by atoms with van der Waals surface area (Å²) < 4.78 is 1.99. The molecule has 0 aliphatic carbocycles. The van der Waals surface area contributed by atoms with Crippen LogP contribution in [-0.4, -0.2) is 38.8 Å². The van der Waals surface area contributed by atoms with Gasteiger partial charge < -0.3 is 20.1 Å². The van der Waals surface area contributed by atoms with Crippen LogP contribution in [0, 0.1) is 20.8 Å². The maximum atomic E-state index is 12.4. The van der Waals surface area contributed by atoms with E-state index >= 15 is 0 Å². The maximum Gasteiger partial charge on any atom is 0.337 e. The fraction of sp³-hybridized carbons (Fsp3) is 0.333. The molecule has 2 aromatic rings. The van der Waals surface area contributed by atoms with Crippen LogP contribution in [0.2, 0.25) is 0 Å². The molecule has 0 saturated heterocycles. The molecule has 0 bridgehead atoms. The highest BCUT2D eigenvalue weighted by molar-refractivity contribution is 5.96. The number of aromatic nitrogens is 1. The van der Waals surface area contributed by atoms with Crippen LogP contribution in [0.3, 0.4) is 0 Å². The number of rotatable bonds is 5. The number of carboxylic acid groups (broad SMARTS) is 1. The summed E-state index contributed by atoms with van der Waals surface area (Å²) in [4.78, 5) is 23.3. The fourth-order valence-corrected chi connectivity index (χ4v) is 2.60. The van der Waals surface area contributed by atoms with Crippen LogP contribution in [0.4, 0.5) is 0 Å². The van der Waals surface area contributed by atoms with E-state index in [0.29, 0.717) is 5.56 Å². The molecular weight excluding hydrogens is 308 g/mol. The Balaban J connectivity index is 2.31. The zero-order valence-corrected chi connectivity index (χ0v) is 14.3. The molecule has 1 aromatic heterocycles. The normalized spacial score (nSPS) is 13.4. The van der Waals surface area contributed by atoms with Crippen molar-refractivity contribution in [1.29, 1.82) is 0 Å². The molecule has 0 radical (unpaired) electrons. The topological polar surface area (TPSA) is 91.6 Å². The summed E-state index contributed by atoms with van der Waals surface area (Å²) >= 11 is 0. The van der Waals surface area contributed by atoms with E-state index in [9.17, 15) is 14.7 Å². The first-order chi connectivity index (χ1) is 11.1. The van der Waals surface area contributed by atoms with Gasteiger partial charge in [0.1, 0.15) is 0 Å². The first-order valence-corrected chi connectivity index (χ1v) is 7.64. The average Bonchev–Trinajstić information content (AvgIpc) is 2.80. The van der Waals surface area contributed by atoms with Gasteiger partial charge in [-0.25, -0.2) is 4.79 Å². The molecule has 0 aliphatic heterocycles. The van der Waals surface area contributed by atoms with Crippen LogP contribution in [0.5, 0.6) is 0 Å². The Morgan fingerprint density at radius 1 is 1.21 bits per heavy atom. The summed E-state index contributed by atoms with van der Waals surface area (Å²) in [6.07, 6.45) is 0. The number of nitrogens with one attached hydrogen (secondary N) is 1. The number of carboxylic acids is 1. The number of amides is 1. The van der Waals surface area contributed by atoms with Gasteiger partial charge in [-0.15, -0.1) is 0 Å². The van der Waals surface area contributed by atoms with Gasteiger partial charge in [0.25, 0.3) is 5.91 Å². The summed E-state index contributed by atoms with van der Waals surface area (Å²) in [7, 11) is 0. The van der Waals surface area contributed by atoms with E-state index in [4.69, 9.17) is 5.11 Å². The predicted molar refractivity (Wildman–Crippen MR) is 90.6 cm³/mol. The molecule has 6 heteroatoms. The zero-order chi connectivity index (χ0) is 18.1. The van der Waals surface area contributed by atoms with Crippen LogP contribution in [0.1, 0.15) is 34.2 Å². The van der Waals surface area contributed by atoms with E-state index in [0.717, 1.165) is 29.6 Å². The van der Waals surface area contributed by atoms with Crippen LogP contribution >= 0.6 is 0 Å². The van der Waals surface area contributed by atoms with E-state index < -0.39 is 17.5 Å². The number of aliphatic hydroxyl groups is 1. The van der Waals surface area contributed by atoms with Crippen molar-refractivity contribution >= 4 is 11.9 Å². The van der Waals surface area contributed by atoms with Gasteiger partial charge in [-0.2, -0.15) is 0 Å². The molecule has 0 fully saturated rings. The Bertz CT molecular complexity index is 790.